The van der Waals surface area contributed by atoms with Crippen LogP contribution in [-0.4, -0.2) is 5.78 Å². The quantitative estimate of drug-likeness (QED) is 0.536. The monoisotopic (exact) mass is 190 g/mol. The second-order valence-electron chi connectivity index (χ2n) is 4.71. The summed E-state index contributed by atoms with van der Waals surface area (Å²) in [7, 11) is 0. The first kappa shape index (κ1) is 9.73. The van der Waals surface area contributed by atoms with Crippen molar-refractivity contribution in [3.05, 3.63) is 17.9 Å². The zero-order valence-corrected chi connectivity index (χ0v) is 8.94. The van der Waals surface area contributed by atoms with Gasteiger partial charge >= 0.3 is 0 Å². The molecule has 0 aliphatic heterocycles. The third-order valence-corrected chi connectivity index (χ3v) is 4.22. The SMILES string of the molecule is C=C=C1CCC[C@@]12CCCC(=O)[C@@H]2C. The smallest absolute Gasteiger partial charge is 0.136 e. The van der Waals surface area contributed by atoms with Crippen molar-refractivity contribution in [2.45, 2.75) is 45.4 Å². The molecule has 2 aliphatic rings. The van der Waals surface area contributed by atoms with Crippen molar-refractivity contribution in [2.75, 3.05) is 0 Å². The van der Waals surface area contributed by atoms with Crippen molar-refractivity contribution in [1.29, 1.82) is 0 Å². The molecule has 0 aromatic heterocycles. The van der Waals surface area contributed by atoms with Gasteiger partial charge in [0.2, 0.25) is 0 Å². The van der Waals surface area contributed by atoms with E-state index in [4.69, 9.17) is 0 Å². The number of allylic oxidation sites excluding steroid dienone is 1. The first-order chi connectivity index (χ1) is 6.70. The van der Waals surface area contributed by atoms with Crippen LogP contribution in [0.4, 0.5) is 0 Å². The minimum Gasteiger partial charge on any atom is -0.299 e. The summed E-state index contributed by atoms with van der Waals surface area (Å²) in [6.45, 7) is 5.88. The molecule has 14 heavy (non-hydrogen) atoms. The lowest BCUT2D eigenvalue weighted by atomic mass is 9.63. The molecule has 2 fully saturated rings. The van der Waals surface area contributed by atoms with Gasteiger partial charge in [0.1, 0.15) is 5.78 Å². The summed E-state index contributed by atoms with van der Waals surface area (Å²) in [6, 6.07) is 0. The van der Waals surface area contributed by atoms with E-state index in [1.54, 1.807) is 0 Å². The lowest BCUT2D eigenvalue weighted by molar-refractivity contribution is -0.128. The number of rotatable bonds is 0. The van der Waals surface area contributed by atoms with Gasteiger partial charge in [-0.3, -0.25) is 4.79 Å². The molecular weight excluding hydrogens is 172 g/mol. The molecule has 0 saturated heterocycles. The number of carbonyl (C=O) groups is 1. The van der Waals surface area contributed by atoms with Crippen LogP contribution in [0.3, 0.4) is 0 Å². The molecule has 0 N–H and O–H groups in total. The van der Waals surface area contributed by atoms with E-state index in [1.807, 2.05) is 0 Å². The Morgan fingerprint density at radius 3 is 2.64 bits per heavy atom. The summed E-state index contributed by atoms with van der Waals surface area (Å²) in [4.78, 5) is 11.8. The first-order valence-corrected chi connectivity index (χ1v) is 5.63. The van der Waals surface area contributed by atoms with Crippen LogP contribution in [0.2, 0.25) is 0 Å². The van der Waals surface area contributed by atoms with Crippen LogP contribution in [0.25, 0.3) is 0 Å². The van der Waals surface area contributed by atoms with E-state index in [1.165, 1.54) is 24.8 Å². The summed E-state index contributed by atoms with van der Waals surface area (Å²) in [5.74, 6) is 0.661. The molecule has 0 amide bonds. The van der Waals surface area contributed by atoms with Crippen molar-refractivity contribution in [3.8, 4) is 0 Å². The van der Waals surface area contributed by atoms with Crippen molar-refractivity contribution in [3.63, 3.8) is 0 Å². The molecule has 0 aromatic carbocycles. The van der Waals surface area contributed by atoms with Gasteiger partial charge in [-0.1, -0.05) is 13.5 Å². The largest absolute Gasteiger partial charge is 0.299 e. The fraction of sp³-hybridized carbons (Fsp3) is 0.692. The second kappa shape index (κ2) is 3.40. The Balaban J connectivity index is 2.37. The fourth-order valence-corrected chi connectivity index (χ4v) is 3.32. The molecule has 0 radical (unpaired) electrons. The Hall–Kier alpha value is -0.810. The highest BCUT2D eigenvalue weighted by molar-refractivity contribution is 5.83. The Morgan fingerprint density at radius 2 is 2.00 bits per heavy atom. The molecule has 2 rings (SSSR count). The fourth-order valence-electron chi connectivity index (χ4n) is 3.32. The Labute approximate surface area is 85.9 Å². The van der Waals surface area contributed by atoms with Crippen LogP contribution in [0, 0.1) is 11.3 Å². The van der Waals surface area contributed by atoms with Crippen molar-refractivity contribution >= 4 is 5.78 Å². The third kappa shape index (κ3) is 1.19. The van der Waals surface area contributed by atoms with E-state index in [9.17, 15) is 4.79 Å². The van der Waals surface area contributed by atoms with Crippen LogP contribution in [0.1, 0.15) is 45.4 Å². The van der Waals surface area contributed by atoms with Gasteiger partial charge in [0.15, 0.2) is 0 Å². The number of hydrogen-bond donors (Lipinski definition) is 0. The maximum absolute atomic E-state index is 11.8. The predicted molar refractivity (Wildman–Crippen MR) is 57.0 cm³/mol. The van der Waals surface area contributed by atoms with Gasteiger partial charge in [-0.2, -0.15) is 0 Å². The Bertz CT molecular complexity index is 309. The zero-order valence-electron chi connectivity index (χ0n) is 8.94. The topological polar surface area (TPSA) is 17.1 Å². The Morgan fingerprint density at radius 1 is 1.36 bits per heavy atom. The van der Waals surface area contributed by atoms with Crippen molar-refractivity contribution < 1.29 is 4.79 Å². The molecule has 76 valence electrons. The van der Waals surface area contributed by atoms with E-state index in [0.29, 0.717) is 5.78 Å². The number of hydrogen-bond acceptors (Lipinski definition) is 1. The Kier molecular flexibility index (Phi) is 2.36. The lowest BCUT2D eigenvalue weighted by Gasteiger charge is -2.39. The summed E-state index contributed by atoms with van der Waals surface area (Å²) in [5, 5.41) is 0. The molecular formula is C13H18O. The van der Waals surface area contributed by atoms with Gasteiger partial charge in [0, 0.05) is 17.8 Å². The van der Waals surface area contributed by atoms with Crippen LogP contribution in [0.5, 0.6) is 0 Å². The maximum atomic E-state index is 11.8. The molecule has 0 unspecified atom stereocenters. The maximum Gasteiger partial charge on any atom is 0.136 e. The molecule has 0 bridgehead atoms. The average molecular weight is 190 g/mol. The van der Waals surface area contributed by atoms with Gasteiger partial charge in [-0.25, -0.2) is 0 Å². The normalized spacial score (nSPS) is 37.6. The molecule has 0 heterocycles. The zero-order chi connectivity index (χ0) is 10.2. The van der Waals surface area contributed by atoms with Crippen LogP contribution in [-0.2, 0) is 4.79 Å². The summed E-state index contributed by atoms with van der Waals surface area (Å²) >= 11 is 0. The van der Waals surface area contributed by atoms with E-state index < -0.39 is 0 Å². The summed E-state index contributed by atoms with van der Waals surface area (Å²) < 4.78 is 0. The second-order valence-corrected chi connectivity index (χ2v) is 4.71. The standard InChI is InChI=1S/C13H18O/c1-3-11-6-4-8-13(11)9-5-7-12(14)10(13)2/h10H,1,4-9H2,2H3/t10-,13-/m0/s1. The van der Waals surface area contributed by atoms with Gasteiger partial charge in [0.05, 0.1) is 0 Å². The highest BCUT2D eigenvalue weighted by Crippen LogP contribution is 2.54. The van der Waals surface area contributed by atoms with Crippen LogP contribution in [0.15, 0.2) is 17.9 Å². The predicted octanol–water partition coefficient (Wildman–Crippen LogP) is 3.26. The number of carbonyl (C=O) groups excluding carboxylic acids is 1. The van der Waals surface area contributed by atoms with Crippen molar-refractivity contribution in [2.24, 2.45) is 11.3 Å². The lowest BCUT2D eigenvalue weighted by Crippen LogP contribution is -2.36. The minimum atomic E-state index is 0.164. The summed E-state index contributed by atoms with van der Waals surface area (Å²) in [5.41, 5.74) is 4.59. The minimum absolute atomic E-state index is 0.164. The molecule has 1 nitrogen and oxygen atoms in total. The molecule has 0 aromatic rings. The van der Waals surface area contributed by atoms with Crippen LogP contribution >= 0.6 is 0 Å². The first-order valence-electron chi connectivity index (χ1n) is 5.63. The molecule has 1 spiro atoms. The van der Waals surface area contributed by atoms with E-state index in [-0.39, 0.29) is 11.3 Å². The van der Waals surface area contributed by atoms with Crippen molar-refractivity contribution in [1.82, 2.24) is 0 Å². The highest BCUT2D eigenvalue weighted by Gasteiger charge is 2.47. The van der Waals surface area contributed by atoms with Gasteiger partial charge in [-0.15, -0.1) is 5.73 Å². The number of ketones is 1. The molecule has 1 heteroatoms. The van der Waals surface area contributed by atoms with E-state index in [0.717, 1.165) is 19.3 Å². The molecule has 2 atom stereocenters. The molecule has 2 aliphatic carbocycles. The van der Waals surface area contributed by atoms with Gasteiger partial charge < -0.3 is 0 Å². The third-order valence-electron chi connectivity index (χ3n) is 4.22. The molecule has 2 saturated carbocycles. The van der Waals surface area contributed by atoms with Crippen LogP contribution < -0.4 is 0 Å². The highest BCUT2D eigenvalue weighted by atomic mass is 16.1. The average Bonchev–Trinajstić information content (AvgIpc) is 2.58. The van der Waals surface area contributed by atoms with E-state index in [2.05, 4.69) is 19.2 Å². The van der Waals surface area contributed by atoms with Gasteiger partial charge in [0.25, 0.3) is 0 Å². The van der Waals surface area contributed by atoms with E-state index >= 15 is 0 Å². The summed E-state index contributed by atoms with van der Waals surface area (Å²) in [6.07, 6.45) is 6.54. The number of Topliss-reactive ketones (excluding diaryl/α,β-unsaturated/α-hetero) is 1. The van der Waals surface area contributed by atoms with Gasteiger partial charge in [-0.05, 0) is 37.7 Å².